The van der Waals surface area contributed by atoms with E-state index in [4.69, 9.17) is 0 Å². The lowest BCUT2D eigenvalue weighted by Gasteiger charge is -2.28. The predicted molar refractivity (Wildman–Crippen MR) is 60.0 cm³/mol. The van der Waals surface area contributed by atoms with Crippen molar-refractivity contribution in [2.75, 3.05) is 11.4 Å². The third-order valence-corrected chi connectivity index (χ3v) is 3.66. The number of piperidine rings is 1. The van der Waals surface area contributed by atoms with Crippen LogP contribution < -0.4 is 4.90 Å². The molecule has 1 aliphatic carbocycles. The molecule has 2 heterocycles. The zero-order valence-corrected chi connectivity index (χ0v) is 9.40. The highest BCUT2D eigenvalue weighted by Crippen LogP contribution is 2.39. The van der Waals surface area contributed by atoms with Gasteiger partial charge in [0, 0.05) is 24.3 Å². The molecule has 1 saturated carbocycles. The molecule has 0 N–H and O–H groups in total. The quantitative estimate of drug-likeness (QED) is 0.699. The van der Waals surface area contributed by atoms with Crippen LogP contribution in [0.5, 0.6) is 0 Å². The van der Waals surface area contributed by atoms with Gasteiger partial charge in [0.15, 0.2) is 0 Å². The Bertz CT molecular complexity index is 368. The van der Waals surface area contributed by atoms with Crippen molar-refractivity contribution in [1.29, 1.82) is 0 Å². The van der Waals surface area contributed by atoms with Gasteiger partial charge in [0.2, 0.25) is 0 Å². The lowest BCUT2D eigenvalue weighted by atomic mass is 10.1. The first-order valence-corrected chi connectivity index (χ1v) is 5.81. The normalized spacial score (nSPS) is 28.8. The molecule has 2 aliphatic rings. The maximum Gasteiger partial charge on any atom is 0.132 e. The summed E-state index contributed by atoms with van der Waals surface area (Å²) in [5, 5.41) is 0. The Balaban J connectivity index is 1.93. The first-order chi connectivity index (χ1) is 7.22. The van der Waals surface area contributed by atoms with Crippen molar-refractivity contribution in [3.8, 4) is 0 Å². The number of hydrogen-bond acceptors (Lipinski definition) is 3. The molecular weight excluding hydrogens is 186 g/mol. The number of aryl methyl sites for hydroxylation is 2. The summed E-state index contributed by atoms with van der Waals surface area (Å²) >= 11 is 0. The minimum absolute atomic E-state index is 0.753. The van der Waals surface area contributed by atoms with Crippen LogP contribution in [0.1, 0.15) is 30.8 Å². The summed E-state index contributed by atoms with van der Waals surface area (Å²) in [5.41, 5.74) is 1.08. The minimum Gasteiger partial charge on any atom is -0.353 e. The van der Waals surface area contributed by atoms with E-state index in [9.17, 15) is 0 Å². The van der Waals surface area contributed by atoms with E-state index in [0.29, 0.717) is 0 Å². The van der Waals surface area contributed by atoms with Crippen molar-refractivity contribution < 1.29 is 0 Å². The molecule has 2 atom stereocenters. The van der Waals surface area contributed by atoms with Crippen LogP contribution in [-0.4, -0.2) is 22.6 Å². The lowest BCUT2D eigenvalue weighted by Crippen LogP contribution is -2.32. The van der Waals surface area contributed by atoms with Gasteiger partial charge >= 0.3 is 0 Å². The molecule has 2 unspecified atom stereocenters. The van der Waals surface area contributed by atoms with Gasteiger partial charge in [-0.1, -0.05) is 0 Å². The number of anilines is 1. The van der Waals surface area contributed by atoms with Gasteiger partial charge in [-0.2, -0.15) is 0 Å². The predicted octanol–water partition coefficient (Wildman–Crippen LogP) is 2.08. The Kier molecular flexibility index (Phi) is 1.94. The van der Waals surface area contributed by atoms with Crippen LogP contribution in [0.4, 0.5) is 5.82 Å². The standard InChI is InChI=1S/C12H17N3/c1-8-5-12(14-9(2)13-8)15-7-10-3-4-11(15)6-10/h5,10-11H,3-4,6-7H2,1-2H3. The Morgan fingerprint density at radius 1 is 1.27 bits per heavy atom. The van der Waals surface area contributed by atoms with Gasteiger partial charge in [-0.15, -0.1) is 0 Å². The van der Waals surface area contributed by atoms with E-state index in [0.717, 1.165) is 29.3 Å². The molecule has 0 amide bonds. The molecular formula is C12H17N3. The van der Waals surface area contributed by atoms with E-state index in [-0.39, 0.29) is 0 Å². The summed E-state index contributed by atoms with van der Waals surface area (Å²) in [6.45, 7) is 5.23. The first kappa shape index (κ1) is 9.13. The van der Waals surface area contributed by atoms with Crippen molar-refractivity contribution in [3.63, 3.8) is 0 Å². The largest absolute Gasteiger partial charge is 0.353 e. The molecule has 1 saturated heterocycles. The van der Waals surface area contributed by atoms with Gasteiger partial charge in [-0.05, 0) is 39.0 Å². The molecule has 0 spiro atoms. The fraction of sp³-hybridized carbons (Fsp3) is 0.667. The van der Waals surface area contributed by atoms with Crippen molar-refractivity contribution in [1.82, 2.24) is 9.97 Å². The molecule has 0 radical (unpaired) electrons. The zero-order valence-electron chi connectivity index (χ0n) is 9.40. The molecule has 3 heteroatoms. The van der Waals surface area contributed by atoms with Gasteiger partial charge in [-0.25, -0.2) is 9.97 Å². The Hall–Kier alpha value is -1.12. The molecule has 1 aliphatic heterocycles. The smallest absolute Gasteiger partial charge is 0.132 e. The number of hydrogen-bond donors (Lipinski definition) is 0. The second-order valence-corrected chi connectivity index (χ2v) is 4.90. The van der Waals surface area contributed by atoms with Crippen molar-refractivity contribution in [2.45, 2.75) is 39.2 Å². The van der Waals surface area contributed by atoms with Gasteiger partial charge in [0.1, 0.15) is 11.6 Å². The highest BCUT2D eigenvalue weighted by Gasteiger charge is 2.38. The fourth-order valence-electron chi connectivity index (χ4n) is 3.05. The molecule has 15 heavy (non-hydrogen) atoms. The summed E-state index contributed by atoms with van der Waals surface area (Å²) in [4.78, 5) is 11.4. The van der Waals surface area contributed by atoms with Crippen molar-refractivity contribution in [2.24, 2.45) is 5.92 Å². The molecule has 2 fully saturated rings. The second kappa shape index (κ2) is 3.19. The maximum absolute atomic E-state index is 4.55. The van der Waals surface area contributed by atoms with Gasteiger partial charge in [0.05, 0.1) is 0 Å². The van der Waals surface area contributed by atoms with Crippen molar-refractivity contribution in [3.05, 3.63) is 17.6 Å². The number of aromatic nitrogens is 2. The summed E-state index contributed by atoms with van der Waals surface area (Å²) < 4.78 is 0. The van der Waals surface area contributed by atoms with E-state index in [1.165, 1.54) is 25.8 Å². The molecule has 3 nitrogen and oxygen atoms in total. The third kappa shape index (κ3) is 1.50. The van der Waals surface area contributed by atoms with Crippen LogP contribution in [0.15, 0.2) is 6.07 Å². The lowest BCUT2D eigenvalue weighted by molar-refractivity contribution is 0.549. The molecule has 3 rings (SSSR count). The Morgan fingerprint density at radius 3 is 2.73 bits per heavy atom. The summed E-state index contributed by atoms with van der Waals surface area (Å²) in [5.74, 6) is 2.96. The van der Waals surface area contributed by atoms with Crippen LogP contribution in [0.3, 0.4) is 0 Å². The summed E-state index contributed by atoms with van der Waals surface area (Å²) in [6.07, 6.45) is 4.15. The molecule has 80 valence electrons. The van der Waals surface area contributed by atoms with E-state index >= 15 is 0 Å². The maximum atomic E-state index is 4.55. The SMILES string of the molecule is Cc1cc(N2CC3CCC2C3)nc(C)n1. The zero-order chi connectivity index (χ0) is 10.4. The highest BCUT2D eigenvalue weighted by molar-refractivity contribution is 5.43. The first-order valence-electron chi connectivity index (χ1n) is 5.81. The topological polar surface area (TPSA) is 29.0 Å². The van der Waals surface area contributed by atoms with E-state index < -0.39 is 0 Å². The van der Waals surface area contributed by atoms with Gasteiger partial charge in [0.25, 0.3) is 0 Å². The number of fused-ring (bicyclic) bond motifs is 2. The fourth-order valence-corrected chi connectivity index (χ4v) is 3.05. The molecule has 2 bridgehead atoms. The third-order valence-electron chi connectivity index (χ3n) is 3.66. The second-order valence-electron chi connectivity index (χ2n) is 4.90. The highest BCUT2D eigenvalue weighted by atomic mass is 15.2. The Morgan fingerprint density at radius 2 is 2.13 bits per heavy atom. The summed E-state index contributed by atoms with van der Waals surface area (Å²) in [7, 11) is 0. The summed E-state index contributed by atoms with van der Waals surface area (Å²) in [6, 6.07) is 2.87. The monoisotopic (exact) mass is 203 g/mol. The van der Waals surface area contributed by atoms with E-state index in [1.807, 2.05) is 13.8 Å². The van der Waals surface area contributed by atoms with Gasteiger partial charge in [-0.3, -0.25) is 0 Å². The van der Waals surface area contributed by atoms with Crippen LogP contribution in [0, 0.1) is 19.8 Å². The molecule has 0 aromatic carbocycles. The number of nitrogens with zero attached hydrogens (tertiary/aromatic N) is 3. The van der Waals surface area contributed by atoms with Crippen LogP contribution in [0.25, 0.3) is 0 Å². The van der Waals surface area contributed by atoms with Crippen molar-refractivity contribution >= 4 is 5.82 Å². The van der Waals surface area contributed by atoms with Crippen LogP contribution >= 0.6 is 0 Å². The molecule has 1 aromatic rings. The minimum atomic E-state index is 0.753. The van der Waals surface area contributed by atoms with Crippen LogP contribution in [0.2, 0.25) is 0 Å². The molecule has 1 aromatic heterocycles. The van der Waals surface area contributed by atoms with Gasteiger partial charge < -0.3 is 4.90 Å². The van der Waals surface area contributed by atoms with E-state index in [1.54, 1.807) is 0 Å². The van der Waals surface area contributed by atoms with Crippen LogP contribution in [-0.2, 0) is 0 Å². The average Bonchev–Trinajstić information content (AvgIpc) is 2.76. The number of rotatable bonds is 1. The average molecular weight is 203 g/mol. The van der Waals surface area contributed by atoms with E-state index in [2.05, 4.69) is 20.9 Å². The Labute approximate surface area is 90.5 Å².